The summed E-state index contributed by atoms with van der Waals surface area (Å²) in [5.74, 6) is 0. The molecule has 4 heteroatoms. The third-order valence-corrected chi connectivity index (χ3v) is 9.20. The summed E-state index contributed by atoms with van der Waals surface area (Å²) >= 11 is 7.75. The smallest absolute Gasteiger partial charge is 0.0475 e. The van der Waals surface area contributed by atoms with E-state index in [0.717, 1.165) is 6.42 Å². The van der Waals surface area contributed by atoms with Crippen molar-refractivity contribution in [1.29, 1.82) is 0 Å². The first-order valence-corrected chi connectivity index (χ1v) is 11.0. The first-order chi connectivity index (χ1) is 11.0. The molecule has 4 heterocycles. The van der Waals surface area contributed by atoms with E-state index in [2.05, 4.69) is 52.0 Å². The molecule has 0 fully saturated rings. The molecular formula is C19H18S4. The molecule has 0 N–H and O–H groups in total. The summed E-state index contributed by atoms with van der Waals surface area (Å²) in [5, 5.41) is 0. The molecule has 0 aliphatic heterocycles. The number of fused-ring (bicyclic) bond motifs is 1. The van der Waals surface area contributed by atoms with E-state index in [0.29, 0.717) is 0 Å². The largest absolute Gasteiger partial charge is 0.139 e. The van der Waals surface area contributed by atoms with E-state index in [1.54, 1.807) is 0 Å². The van der Waals surface area contributed by atoms with Gasteiger partial charge in [0.15, 0.2) is 0 Å². The lowest BCUT2D eigenvalue weighted by atomic mass is 10.2. The Morgan fingerprint density at radius 3 is 1.74 bits per heavy atom. The van der Waals surface area contributed by atoms with Crippen LogP contribution in [0.5, 0.6) is 0 Å². The van der Waals surface area contributed by atoms with Gasteiger partial charge in [-0.1, -0.05) is 6.92 Å². The molecule has 23 heavy (non-hydrogen) atoms. The van der Waals surface area contributed by atoms with E-state index < -0.39 is 0 Å². The van der Waals surface area contributed by atoms with E-state index in [-0.39, 0.29) is 0 Å². The first-order valence-electron chi connectivity index (χ1n) is 7.75. The van der Waals surface area contributed by atoms with Crippen LogP contribution in [0.1, 0.15) is 27.8 Å². The van der Waals surface area contributed by atoms with Crippen LogP contribution < -0.4 is 0 Å². The molecule has 0 saturated carbocycles. The summed E-state index contributed by atoms with van der Waals surface area (Å²) in [5.41, 5.74) is 2.83. The molecule has 4 rings (SSSR count). The predicted molar refractivity (Wildman–Crippen MR) is 110 cm³/mol. The van der Waals surface area contributed by atoms with Crippen LogP contribution in [-0.4, -0.2) is 0 Å². The monoisotopic (exact) mass is 374 g/mol. The highest BCUT2D eigenvalue weighted by Crippen LogP contribution is 2.46. The normalized spacial score (nSPS) is 11.7. The van der Waals surface area contributed by atoms with E-state index in [1.165, 1.54) is 49.8 Å². The van der Waals surface area contributed by atoms with Gasteiger partial charge in [-0.2, -0.15) is 0 Å². The van der Waals surface area contributed by atoms with Crippen molar-refractivity contribution in [2.45, 2.75) is 34.1 Å². The molecular weight excluding hydrogens is 356 g/mol. The minimum Gasteiger partial charge on any atom is -0.139 e. The van der Waals surface area contributed by atoms with E-state index in [1.807, 2.05) is 45.3 Å². The van der Waals surface area contributed by atoms with Gasteiger partial charge in [0.25, 0.3) is 0 Å². The molecule has 0 unspecified atom stereocenters. The minimum absolute atomic E-state index is 1.13. The molecule has 0 nitrogen and oxygen atoms in total. The standard InChI is InChI=1S/C19H18S4/c1-5-13-7-11(3)19(21-13)17-9-15-14(23-17)8-16(22-15)18-10(2)6-12(4)20-18/h6-9H,5H2,1-4H3. The fourth-order valence-corrected chi connectivity index (χ4v) is 7.78. The van der Waals surface area contributed by atoms with Crippen LogP contribution in [0.15, 0.2) is 24.3 Å². The van der Waals surface area contributed by atoms with E-state index in [4.69, 9.17) is 0 Å². The number of rotatable bonds is 3. The van der Waals surface area contributed by atoms with Crippen LogP contribution in [0.4, 0.5) is 0 Å². The summed E-state index contributed by atoms with van der Waals surface area (Å²) < 4.78 is 2.85. The molecule has 0 aliphatic rings. The predicted octanol–water partition coefficient (Wildman–Crippen LogP) is 7.91. The highest BCUT2D eigenvalue weighted by molar-refractivity contribution is 7.33. The van der Waals surface area contributed by atoms with E-state index >= 15 is 0 Å². The SMILES string of the molecule is CCc1cc(C)c(-c2cc3sc(-c4sc(C)cc4C)cc3s2)s1. The molecule has 0 atom stereocenters. The fraction of sp³-hybridized carbons (Fsp3) is 0.263. The zero-order valence-corrected chi connectivity index (χ0v) is 16.9. The minimum atomic E-state index is 1.13. The van der Waals surface area contributed by atoms with Crippen LogP contribution in [0.25, 0.3) is 28.9 Å². The zero-order chi connectivity index (χ0) is 16.1. The first kappa shape index (κ1) is 15.6. The van der Waals surface area contributed by atoms with Gasteiger partial charge in [-0.05, 0) is 62.6 Å². The molecule has 0 saturated heterocycles. The molecule has 0 aliphatic carbocycles. The third kappa shape index (κ3) is 2.72. The Morgan fingerprint density at radius 2 is 1.26 bits per heavy atom. The van der Waals surface area contributed by atoms with Gasteiger partial charge >= 0.3 is 0 Å². The summed E-state index contributed by atoms with van der Waals surface area (Å²) in [6.45, 7) is 8.89. The Bertz CT molecular complexity index is 959. The average molecular weight is 375 g/mol. The van der Waals surface area contributed by atoms with Gasteiger partial charge in [0.1, 0.15) is 0 Å². The zero-order valence-electron chi connectivity index (χ0n) is 13.6. The Kier molecular flexibility index (Phi) is 3.96. The molecule has 0 radical (unpaired) electrons. The van der Waals surface area contributed by atoms with Crippen LogP contribution in [0.3, 0.4) is 0 Å². The lowest BCUT2D eigenvalue weighted by Crippen LogP contribution is -1.68. The van der Waals surface area contributed by atoms with Gasteiger partial charge in [-0.15, -0.1) is 45.3 Å². The average Bonchev–Trinajstić information content (AvgIpc) is 3.20. The highest BCUT2D eigenvalue weighted by Gasteiger charge is 2.15. The Hall–Kier alpha value is -0.940. The fourth-order valence-electron chi connectivity index (χ4n) is 2.91. The van der Waals surface area contributed by atoms with Gasteiger partial charge in [-0.3, -0.25) is 0 Å². The number of hydrogen-bond donors (Lipinski definition) is 0. The van der Waals surface area contributed by atoms with Crippen molar-refractivity contribution >= 4 is 54.7 Å². The number of hydrogen-bond acceptors (Lipinski definition) is 4. The molecule has 0 spiro atoms. The molecule has 0 bridgehead atoms. The maximum atomic E-state index is 2.39. The lowest BCUT2D eigenvalue weighted by molar-refractivity contribution is 1.18. The second-order valence-electron chi connectivity index (χ2n) is 5.90. The number of aryl methyl sites for hydroxylation is 4. The van der Waals surface area contributed by atoms with Crippen molar-refractivity contribution in [1.82, 2.24) is 0 Å². The molecule has 4 aromatic heterocycles. The quantitative estimate of drug-likeness (QED) is 0.342. The summed E-state index contributed by atoms with van der Waals surface area (Å²) in [4.78, 5) is 8.64. The second-order valence-corrected chi connectivity index (χ2v) is 10.5. The molecule has 4 aromatic rings. The lowest BCUT2D eigenvalue weighted by Gasteiger charge is -1.95. The number of thiophene rings is 4. The van der Waals surface area contributed by atoms with Crippen LogP contribution in [0.2, 0.25) is 0 Å². The van der Waals surface area contributed by atoms with Gasteiger partial charge in [0.2, 0.25) is 0 Å². The second kappa shape index (κ2) is 5.85. The van der Waals surface area contributed by atoms with Crippen molar-refractivity contribution in [3.05, 3.63) is 45.1 Å². The topological polar surface area (TPSA) is 0 Å². The highest BCUT2D eigenvalue weighted by atomic mass is 32.1. The summed E-state index contributed by atoms with van der Waals surface area (Å²) in [7, 11) is 0. The van der Waals surface area contributed by atoms with Crippen molar-refractivity contribution in [2.24, 2.45) is 0 Å². The molecule has 0 amide bonds. The van der Waals surface area contributed by atoms with Crippen LogP contribution >= 0.6 is 45.3 Å². The summed E-state index contributed by atoms with van der Waals surface area (Å²) in [6, 6.07) is 9.41. The Balaban J connectivity index is 1.77. The van der Waals surface area contributed by atoms with Crippen molar-refractivity contribution in [3.63, 3.8) is 0 Å². The molecule has 0 aromatic carbocycles. The molecule has 118 valence electrons. The van der Waals surface area contributed by atoms with Crippen molar-refractivity contribution in [3.8, 4) is 19.5 Å². The maximum Gasteiger partial charge on any atom is 0.0475 e. The van der Waals surface area contributed by atoms with Gasteiger partial charge < -0.3 is 0 Å². The van der Waals surface area contributed by atoms with Crippen molar-refractivity contribution in [2.75, 3.05) is 0 Å². The van der Waals surface area contributed by atoms with Gasteiger partial charge in [0, 0.05) is 38.7 Å². The summed E-state index contributed by atoms with van der Waals surface area (Å²) in [6.07, 6.45) is 1.13. The van der Waals surface area contributed by atoms with Crippen molar-refractivity contribution < 1.29 is 0 Å². The van der Waals surface area contributed by atoms with Crippen LogP contribution in [-0.2, 0) is 6.42 Å². The third-order valence-electron chi connectivity index (χ3n) is 4.01. The maximum absolute atomic E-state index is 2.39. The Morgan fingerprint density at radius 1 is 0.696 bits per heavy atom. The van der Waals surface area contributed by atoms with E-state index in [9.17, 15) is 0 Å². The van der Waals surface area contributed by atoms with Gasteiger partial charge in [0.05, 0.1) is 0 Å². The van der Waals surface area contributed by atoms with Crippen LogP contribution in [0, 0.1) is 20.8 Å². The Labute approximate surface area is 153 Å². The van der Waals surface area contributed by atoms with Gasteiger partial charge in [-0.25, -0.2) is 0 Å².